The average Bonchev–Trinajstić information content (AvgIpc) is 2.38. The maximum absolute atomic E-state index is 11.7. The van der Waals surface area contributed by atoms with Crippen molar-refractivity contribution >= 4 is 15.5 Å². The minimum Gasteiger partial charge on any atom is -0.497 e. The molecule has 0 bridgehead atoms. The minimum atomic E-state index is -3.04. The summed E-state index contributed by atoms with van der Waals surface area (Å²) < 4.78 is 33.7. The van der Waals surface area contributed by atoms with Crippen LogP contribution in [0.1, 0.15) is 13.8 Å². The molecule has 1 N–H and O–H groups in total. The summed E-state index contributed by atoms with van der Waals surface area (Å²) in [5.74, 6) is 1.43. The quantitative estimate of drug-likeness (QED) is 0.830. The topological polar surface area (TPSA) is 64.6 Å². The van der Waals surface area contributed by atoms with Crippen LogP contribution >= 0.6 is 0 Å². The van der Waals surface area contributed by atoms with Crippen LogP contribution in [-0.2, 0) is 9.84 Å². The molecule has 0 radical (unpaired) electrons. The van der Waals surface area contributed by atoms with Crippen LogP contribution in [0.4, 0.5) is 5.69 Å². The number of methoxy groups -OCH3 is 2. The monoisotopic (exact) mass is 287 g/mol. The zero-order valence-corrected chi connectivity index (χ0v) is 12.6. The highest BCUT2D eigenvalue weighted by Crippen LogP contribution is 2.28. The molecule has 0 fully saturated rings. The van der Waals surface area contributed by atoms with Gasteiger partial charge in [0.1, 0.15) is 11.5 Å². The SMILES string of the molecule is COc1ccc(OC)c(NCCS(=O)(=O)C(C)C)c1. The molecule has 6 heteroatoms. The summed E-state index contributed by atoms with van der Waals surface area (Å²) in [6.45, 7) is 3.70. The van der Waals surface area contributed by atoms with E-state index >= 15 is 0 Å². The molecule has 5 nitrogen and oxygen atoms in total. The summed E-state index contributed by atoms with van der Waals surface area (Å²) in [4.78, 5) is 0. The number of hydrogen-bond donors (Lipinski definition) is 1. The van der Waals surface area contributed by atoms with Crippen LogP contribution in [-0.4, -0.2) is 40.2 Å². The highest BCUT2D eigenvalue weighted by molar-refractivity contribution is 7.92. The van der Waals surface area contributed by atoms with Crippen molar-refractivity contribution in [3.63, 3.8) is 0 Å². The molecule has 0 amide bonds. The Morgan fingerprint density at radius 3 is 2.42 bits per heavy atom. The molecule has 0 aromatic heterocycles. The van der Waals surface area contributed by atoms with Gasteiger partial charge in [-0.25, -0.2) is 8.42 Å². The Morgan fingerprint density at radius 1 is 1.21 bits per heavy atom. The average molecular weight is 287 g/mol. The van der Waals surface area contributed by atoms with Gasteiger partial charge in [0.05, 0.1) is 30.9 Å². The van der Waals surface area contributed by atoms with Gasteiger partial charge in [0.25, 0.3) is 0 Å². The Morgan fingerprint density at radius 2 is 1.89 bits per heavy atom. The van der Waals surface area contributed by atoms with Crippen molar-refractivity contribution in [2.24, 2.45) is 0 Å². The van der Waals surface area contributed by atoms with E-state index in [9.17, 15) is 8.42 Å². The maximum atomic E-state index is 11.7. The molecule has 1 rings (SSSR count). The lowest BCUT2D eigenvalue weighted by Gasteiger charge is -2.13. The van der Waals surface area contributed by atoms with Crippen molar-refractivity contribution in [2.45, 2.75) is 19.1 Å². The van der Waals surface area contributed by atoms with Gasteiger partial charge in [-0.3, -0.25) is 0 Å². The van der Waals surface area contributed by atoms with Gasteiger partial charge in [-0.05, 0) is 26.0 Å². The smallest absolute Gasteiger partial charge is 0.154 e. The second-order valence-electron chi connectivity index (χ2n) is 4.41. The van der Waals surface area contributed by atoms with Crippen LogP contribution in [0.2, 0.25) is 0 Å². The van der Waals surface area contributed by atoms with E-state index in [4.69, 9.17) is 9.47 Å². The summed E-state index contributed by atoms with van der Waals surface area (Å²) in [5, 5.41) is 2.71. The van der Waals surface area contributed by atoms with Crippen LogP contribution in [0.3, 0.4) is 0 Å². The normalized spacial score (nSPS) is 11.4. The van der Waals surface area contributed by atoms with Crippen LogP contribution in [0, 0.1) is 0 Å². The highest BCUT2D eigenvalue weighted by Gasteiger charge is 2.15. The molecule has 0 saturated carbocycles. The van der Waals surface area contributed by atoms with E-state index < -0.39 is 9.84 Å². The molecule has 0 aliphatic carbocycles. The highest BCUT2D eigenvalue weighted by atomic mass is 32.2. The molecule has 1 aromatic carbocycles. The Kier molecular flexibility index (Phi) is 5.47. The van der Waals surface area contributed by atoms with Crippen LogP contribution in [0.5, 0.6) is 11.5 Å². The number of sulfone groups is 1. The molecular weight excluding hydrogens is 266 g/mol. The Balaban J connectivity index is 2.72. The molecule has 0 aliphatic rings. The Labute approximate surface area is 114 Å². The second-order valence-corrected chi connectivity index (χ2v) is 7.09. The van der Waals surface area contributed by atoms with Crippen molar-refractivity contribution in [2.75, 3.05) is 31.8 Å². The van der Waals surface area contributed by atoms with E-state index in [0.717, 1.165) is 5.69 Å². The van der Waals surface area contributed by atoms with Crippen molar-refractivity contribution in [1.29, 1.82) is 0 Å². The number of hydrogen-bond acceptors (Lipinski definition) is 5. The van der Waals surface area contributed by atoms with Gasteiger partial charge >= 0.3 is 0 Å². The van der Waals surface area contributed by atoms with E-state index in [0.29, 0.717) is 18.0 Å². The molecule has 0 atom stereocenters. The predicted octanol–water partition coefficient (Wildman–Crippen LogP) is 1.94. The fraction of sp³-hybridized carbons (Fsp3) is 0.538. The summed E-state index contributed by atoms with van der Waals surface area (Å²) in [6, 6.07) is 5.34. The van der Waals surface area contributed by atoms with Gasteiger partial charge in [-0.15, -0.1) is 0 Å². The maximum Gasteiger partial charge on any atom is 0.154 e. The second kappa shape index (κ2) is 6.65. The largest absolute Gasteiger partial charge is 0.497 e. The van der Waals surface area contributed by atoms with Crippen molar-refractivity contribution in [1.82, 2.24) is 0 Å². The van der Waals surface area contributed by atoms with E-state index in [-0.39, 0.29) is 11.0 Å². The molecule has 19 heavy (non-hydrogen) atoms. The van der Waals surface area contributed by atoms with E-state index in [2.05, 4.69) is 5.32 Å². The molecule has 0 saturated heterocycles. The van der Waals surface area contributed by atoms with Crippen LogP contribution in [0.15, 0.2) is 18.2 Å². The Bertz CT molecular complexity index is 511. The van der Waals surface area contributed by atoms with Crippen molar-refractivity contribution in [3.05, 3.63) is 18.2 Å². The molecular formula is C13H21NO4S. The number of rotatable bonds is 7. The number of nitrogens with one attached hydrogen (secondary N) is 1. The third kappa shape index (κ3) is 4.31. The van der Waals surface area contributed by atoms with Gasteiger partial charge in [0.15, 0.2) is 9.84 Å². The standard InChI is InChI=1S/C13H21NO4S/c1-10(2)19(15,16)8-7-14-12-9-11(17-3)5-6-13(12)18-4/h5-6,9-10,14H,7-8H2,1-4H3. The van der Waals surface area contributed by atoms with Crippen LogP contribution in [0.25, 0.3) is 0 Å². The fourth-order valence-corrected chi connectivity index (χ4v) is 2.37. The van der Waals surface area contributed by atoms with Crippen LogP contribution < -0.4 is 14.8 Å². The van der Waals surface area contributed by atoms with Gasteiger partial charge in [-0.2, -0.15) is 0 Å². The van der Waals surface area contributed by atoms with Gasteiger partial charge < -0.3 is 14.8 Å². The summed E-state index contributed by atoms with van der Waals surface area (Å²) in [6.07, 6.45) is 0. The third-order valence-electron chi connectivity index (χ3n) is 2.83. The first-order valence-corrected chi connectivity index (χ1v) is 7.79. The van der Waals surface area contributed by atoms with E-state index in [1.807, 2.05) is 0 Å². The van der Waals surface area contributed by atoms with E-state index in [1.165, 1.54) is 0 Å². The molecule has 0 aliphatic heterocycles. The predicted molar refractivity (Wildman–Crippen MR) is 77.0 cm³/mol. The number of benzene rings is 1. The lowest BCUT2D eigenvalue weighted by molar-refractivity contribution is 0.404. The zero-order chi connectivity index (χ0) is 14.5. The lowest BCUT2D eigenvalue weighted by Crippen LogP contribution is -2.23. The lowest BCUT2D eigenvalue weighted by atomic mass is 10.2. The van der Waals surface area contributed by atoms with Gasteiger partial charge in [-0.1, -0.05) is 0 Å². The van der Waals surface area contributed by atoms with Gasteiger partial charge in [0.2, 0.25) is 0 Å². The number of ether oxygens (including phenoxy) is 2. The first-order valence-electron chi connectivity index (χ1n) is 6.08. The van der Waals surface area contributed by atoms with Crippen molar-refractivity contribution < 1.29 is 17.9 Å². The molecule has 0 heterocycles. The summed E-state index contributed by atoms with van der Waals surface area (Å²) in [5.41, 5.74) is 0.723. The molecule has 0 spiro atoms. The summed E-state index contributed by atoms with van der Waals surface area (Å²) >= 11 is 0. The van der Waals surface area contributed by atoms with Gasteiger partial charge in [0, 0.05) is 12.6 Å². The molecule has 1 aromatic rings. The van der Waals surface area contributed by atoms with E-state index in [1.54, 1.807) is 46.3 Å². The molecule has 108 valence electrons. The first kappa shape index (κ1) is 15.6. The fourth-order valence-electron chi connectivity index (χ4n) is 1.52. The Hall–Kier alpha value is -1.43. The minimum absolute atomic E-state index is 0.0883. The molecule has 0 unspecified atom stereocenters. The van der Waals surface area contributed by atoms with Crippen molar-refractivity contribution in [3.8, 4) is 11.5 Å². The number of anilines is 1. The first-order chi connectivity index (χ1) is 8.90. The zero-order valence-electron chi connectivity index (χ0n) is 11.8. The summed E-state index contributed by atoms with van der Waals surface area (Å²) in [7, 11) is 0.107. The third-order valence-corrected chi connectivity index (χ3v) is 5.04.